The molecule has 144 valence electrons. The van der Waals surface area contributed by atoms with E-state index < -0.39 is 0 Å². The van der Waals surface area contributed by atoms with Crippen molar-refractivity contribution in [3.8, 4) is 0 Å². The second kappa shape index (κ2) is 8.15. The van der Waals surface area contributed by atoms with Crippen molar-refractivity contribution in [3.05, 3.63) is 101 Å². The first kappa shape index (κ1) is 18.7. The highest BCUT2D eigenvalue weighted by atomic mass is 16.1. The number of carbonyl (C=O) groups excluding carboxylic acids is 1. The van der Waals surface area contributed by atoms with Gasteiger partial charge in [-0.2, -0.15) is 0 Å². The zero-order valence-electron chi connectivity index (χ0n) is 16.6. The van der Waals surface area contributed by atoms with Crippen LogP contribution in [-0.4, -0.2) is 10.9 Å². The summed E-state index contributed by atoms with van der Waals surface area (Å²) in [5.41, 5.74) is 5.77. The SMILES string of the molecule is Cc1cc(C(=O)Nc2ccccc2NCc2ccccc2C)c2cnccc2c1. The smallest absolute Gasteiger partial charge is 0.256 e. The molecule has 4 nitrogen and oxygen atoms in total. The zero-order chi connectivity index (χ0) is 20.2. The predicted octanol–water partition coefficient (Wildman–Crippen LogP) is 5.72. The number of nitrogens with one attached hydrogen (secondary N) is 2. The summed E-state index contributed by atoms with van der Waals surface area (Å²) in [6, 6.07) is 21.9. The number of hydrogen-bond acceptors (Lipinski definition) is 3. The van der Waals surface area contributed by atoms with Crippen LogP contribution in [0.4, 0.5) is 11.4 Å². The van der Waals surface area contributed by atoms with Crippen molar-refractivity contribution in [1.82, 2.24) is 4.98 Å². The van der Waals surface area contributed by atoms with Crippen LogP contribution < -0.4 is 10.6 Å². The van der Waals surface area contributed by atoms with Gasteiger partial charge in [-0.05, 0) is 60.2 Å². The number of amides is 1. The number of nitrogens with zero attached hydrogens (tertiary/aromatic N) is 1. The van der Waals surface area contributed by atoms with Crippen molar-refractivity contribution >= 4 is 28.1 Å². The number of pyridine rings is 1. The molecule has 0 bridgehead atoms. The Kier molecular flexibility index (Phi) is 5.25. The summed E-state index contributed by atoms with van der Waals surface area (Å²) in [6.07, 6.45) is 3.49. The topological polar surface area (TPSA) is 54.0 Å². The highest BCUT2D eigenvalue weighted by Gasteiger charge is 2.13. The molecule has 0 radical (unpaired) electrons. The fraction of sp³-hybridized carbons (Fsp3) is 0.120. The summed E-state index contributed by atoms with van der Waals surface area (Å²) in [5.74, 6) is -0.142. The highest BCUT2D eigenvalue weighted by molar-refractivity contribution is 6.13. The Labute approximate surface area is 170 Å². The standard InChI is InChI=1S/C25H23N3O/c1-17-13-19-11-12-26-16-22(19)21(14-17)25(29)28-24-10-6-5-9-23(24)27-15-20-8-4-3-7-18(20)2/h3-14,16,27H,15H2,1-2H3,(H,28,29). The summed E-state index contributed by atoms with van der Waals surface area (Å²) in [4.78, 5) is 17.3. The number of benzene rings is 3. The normalized spacial score (nSPS) is 10.7. The summed E-state index contributed by atoms with van der Waals surface area (Å²) in [6.45, 7) is 4.78. The van der Waals surface area contributed by atoms with Gasteiger partial charge in [0, 0.05) is 29.9 Å². The number of hydrogen-bond donors (Lipinski definition) is 2. The Hall–Kier alpha value is -3.66. The van der Waals surface area contributed by atoms with E-state index in [1.807, 2.05) is 55.5 Å². The van der Waals surface area contributed by atoms with Crippen molar-refractivity contribution in [3.63, 3.8) is 0 Å². The number of fused-ring (bicyclic) bond motifs is 1. The molecule has 0 aliphatic heterocycles. The number of rotatable bonds is 5. The first-order valence-electron chi connectivity index (χ1n) is 9.65. The maximum Gasteiger partial charge on any atom is 0.256 e. The molecule has 2 N–H and O–H groups in total. The summed E-state index contributed by atoms with van der Waals surface area (Å²) in [5, 5.41) is 8.37. The van der Waals surface area contributed by atoms with Gasteiger partial charge in [-0.1, -0.05) is 42.5 Å². The lowest BCUT2D eigenvalue weighted by Gasteiger charge is -2.15. The van der Waals surface area contributed by atoms with Gasteiger partial charge in [-0.15, -0.1) is 0 Å². The van der Waals surface area contributed by atoms with Crippen LogP contribution in [0.2, 0.25) is 0 Å². The van der Waals surface area contributed by atoms with Gasteiger partial charge in [0.05, 0.1) is 11.4 Å². The minimum absolute atomic E-state index is 0.142. The molecule has 0 atom stereocenters. The Balaban J connectivity index is 1.59. The molecular weight excluding hydrogens is 358 g/mol. The third-order valence-electron chi connectivity index (χ3n) is 5.05. The maximum atomic E-state index is 13.1. The number of carbonyl (C=O) groups is 1. The van der Waals surface area contributed by atoms with E-state index in [1.54, 1.807) is 12.4 Å². The summed E-state index contributed by atoms with van der Waals surface area (Å²) in [7, 11) is 0. The monoisotopic (exact) mass is 381 g/mol. The molecule has 0 unspecified atom stereocenters. The predicted molar refractivity (Wildman–Crippen MR) is 119 cm³/mol. The van der Waals surface area contributed by atoms with Gasteiger partial charge >= 0.3 is 0 Å². The van der Waals surface area contributed by atoms with Crippen LogP contribution in [0.1, 0.15) is 27.0 Å². The summed E-state index contributed by atoms with van der Waals surface area (Å²) >= 11 is 0. The summed E-state index contributed by atoms with van der Waals surface area (Å²) < 4.78 is 0. The van der Waals surface area contributed by atoms with Crippen molar-refractivity contribution in [2.24, 2.45) is 0 Å². The van der Waals surface area contributed by atoms with Gasteiger partial charge in [-0.3, -0.25) is 9.78 Å². The van der Waals surface area contributed by atoms with Gasteiger partial charge in [0.1, 0.15) is 0 Å². The fourth-order valence-electron chi connectivity index (χ4n) is 3.47. The van der Waals surface area contributed by atoms with Gasteiger partial charge < -0.3 is 10.6 Å². The molecule has 0 saturated heterocycles. The minimum atomic E-state index is -0.142. The Bertz CT molecular complexity index is 1180. The van der Waals surface area contributed by atoms with E-state index in [1.165, 1.54) is 11.1 Å². The average Bonchev–Trinajstić information content (AvgIpc) is 2.73. The molecular formula is C25H23N3O. The second-order valence-electron chi connectivity index (χ2n) is 7.19. The van der Waals surface area contributed by atoms with Crippen molar-refractivity contribution in [1.29, 1.82) is 0 Å². The fourth-order valence-corrected chi connectivity index (χ4v) is 3.47. The van der Waals surface area contributed by atoms with Gasteiger partial charge in [0.25, 0.3) is 5.91 Å². The Morgan fingerprint density at radius 3 is 2.52 bits per heavy atom. The lowest BCUT2D eigenvalue weighted by Crippen LogP contribution is -2.14. The molecule has 4 heteroatoms. The number of aromatic nitrogens is 1. The first-order valence-corrected chi connectivity index (χ1v) is 9.65. The van der Waals surface area contributed by atoms with Gasteiger partial charge in [-0.25, -0.2) is 0 Å². The van der Waals surface area contributed by atoms with E-state index in [4.69, 9.17) is 0 Å². The molecule has 0 spiro atoms. The van der Waals surface area contributed by atoms with Crippen LogP contribution in [-0.2, 0) is 6.54 Å². The molecule has 29 heavy (non-hydrogen) atoms. The van der Waals surface area contributed by atoms with Crippen LogP contribution in [0.25, 0.3) is 10.8 Å². The lowest BCUT2D eigenvalue weighted by atomic mass is 10.0. The van der Waals surface area contributed by atoms with Crippen molar-refractivity contribution in [2.45, 2.75) is 20.4 Å². The molecule has 1 aromatic heterocycles. The van der Waals surface area contributed by atoms with Crippen molar-refractivity contribution < 1.29 is 4.79 Å². The van der Waals surface area contributed by atoms with Crippen molar-refractivity contribution in [2.75, 3.05) is 10.6 Å². The quantitative estimate of drug-likeness (QED) is 0.465. The van der Waals surface area contributed by atoms with Crippen LogP contribution in [0.3, 0.4) is 0 Å². The molecule has 0 aliphatic rings. The number of aryl methyl sites for hydroxylation is 2. The average molecular weight is 381 g/mol. The van der Waals surface area contributed by atoms with E-state index in [-0.39, 0.29) is 5.91 Å². The van der Waals surface area contributed by atoms with Gasteiger partial charge in [0.15, 0.2) is 0 Å². The van der Waals surface area contributed by atoms with Crippen LogP contribution >= 0.6 is 0 Å². The maximum absolute atomic E-state index is 13.1. The van der Waals surface area contributed by atoms with E-state index in [0.29, 0.717) is 12.1 Å². The van der Waals surface area contributed by atoms with Crippen LogP contribution in [0, 0.1) is 13.8 Å². The first-order chi connectivity index (χ1) is 14.1. The molecule has 0 aliphatic carbocycles. The molecule has 3 aromatic carbocycles. The third kappa shape index (κ3) is 4.11. The third-order valence-corrected chi connectivity index (χ3v) is 5.05. The molecule has 4 rings (SSSR count). The zero-order valence-corrected chi connectivity index (χ0v) is 16.6. The number of para-hydroxylation sites is 2. The van der Waals surface area contributed by atoms with E-state index in [2.05, 4.69) is 40.7 Å². The highest BCUT2D eigenvalue weighted by Crippen LogP contribution is 2.25. The second-order valence-corrected chi connectivity index (χ2v) is 7.19. The molecule has 0 saturated carbocycles. The molecule has 1 heterocycles. The van der Waals surface area contributed by atoms with E-state index in [9.17, 15) is 4.79 Å². The Morgan fingerprint density at radius 2 is 1.69 bits per heavy atom. The largest absolute Gasteiger partial charge is 0.379 e. The molecule has 1 amide bonds. The molecule has 0 fully saturated rings. The molecule has 4 aromatic rings. The Morgan fingerprint density at radius 1 is 0.931 bits per heavy atom. The van der Waals surface area contributed by atoms with E-state index >= 15 is 0 Å². The van der Waals surface area contributed by atoms with Gasteiger partial charge in [0.2, 0.25) is 0 Å². The van der Waals surface area contributed by atoms with Crippen LogP contribution in [0.15, 0.2) is 79.1 Å². The lowest BCUT2D eigenvalue weighted by molar-refractivity contribution is 0.102. The van der Waals surface area contributed by atoms with Crippen LogP contribution in [0.5, 0.6) is 0 Å². The number of anilines is 2. The van der Waals surface area contributed by atoms with E-state index in [0.717, 1.165) is 27.7 Å². The minimum Gasteiger partial charge on any atom is -0.379 e.